The molecule has 2 N–H and O–H groups in total. The summed E-state index contributed by atoms with van der Waals surface area (Å²) in [6.45, 7) is 6.53. The molecular weight excluding hydrogens is 312 g/mol. The van der Waals surface area contributed by atoms with E-state index in [0.717, 1.165) is 22.4 Å². The van der Waals surface area contributed by atoms with Gasteiger partial charge < -0.3 is 10.6 Å². The smallest absolute Gasteiger partial charge is 0.228 e. The van der Waals surface area contributed by atoms with Gasteiger partial charge in [-0.1, -0.05) is 35.9 Å². The zero-order valence-electron chi connectivity index (χ0n) is 14.9. The minimum atomic E-state index is -0.224. The van der Waals surface area contributed by atoms with Crippen LogP contribution in [0.5, 0.6) is 0 Å². The summed E-state index contributed by atoms with van der Waals surface area (Å²) in [5.74, 6) is -0.545. The Hall–Kier alpha value is -2.62. The summed E-state index contributed by atoms with van der Waals surface area (Å²) in [5, 5.41) is 5.87. The number of aryl methyl sites for hydroxylation is 3. The van der Waals surface area contributed by atoms with Crippen LogP contribution in [0.15, 0.2) is 42.5 Å². The number of benzene rings is 2. The molecule has 0 saturated heterocycles. The van der Waals surface area contributed by atoms with Crippen LogP contribution in [-0.2, 0) is 16.1 Å². The molecule has 25 heavy (non-hydrogen) atoms. The number of anilines is 1. The molecule has 1 fully saturated rings. The van der Waals surface area contributed by atoms with E-state index in [-0.39, 0.29) is 23.7 Å². The number of hydrogen-bond donors (Lipinski definition) is 2. The second-order valence-electron chi connectivity index (χ2n) is 7.02. The van der Waals surface area contributed by atoms with Gasteiger partial charge in [-0.25, -0.2) is 0 Å². The van der Waals surface area contributed by atoms with Crippen LogP contribution < -0.4 is 10.6 Å². The highest BCUT2D eigenvalue weighted by molar-refractivity contribution is 5.99. The van der Waals surface area contributed by atoms with Crippen molar-refractivity contribution in [3.63, 3.8) is 0 Å². The van der Waals surface area contributed by atoms with Crippen LogP contribution >= 0.6 is 0 Å². The van der Waals surface area contributed by atoms with Crippen LogP contribution in [-0.4, -0.2) is 11.8 Å². The summed E-state index contributed by atoms with van der Waals surface area (Å²) >= 11 is 0. The van der Waals surface area contributed by atoms with Gasteiger partial charge in [0.1, 0.15) is 0 Å². The molecule has 1 saturated carbocycles. The number of carbonyl (C=O) groups is 2. The third-order valence-corrected chi connectivity index (χ3v) is 4.50. The lowest BCUT2D eigenvalue weighted by Gasteiger charge is -2.08. The molecule has 2 aromatic rings. The van der Waals surface area contributed by atoms with Crippen LogP contribution in [0.25, 0.3) is 0 Å². The largest absolute Gasteiger partial charge is 0.352 e. The van der Waals surface area contributed by atoms with Gasteiger partial charge in [0.15, 0.2) is 0 Å². The lowest BCUT2D eigenvalue weighted by Crippen LogP contribution is -2.27. The zero-order valence-corrected chi connectivity index (χ0v) is 14.9. The first-order chi connectivity index (χ1) is 11.9. The molecule has 130 valence electrons. The average molecular weight is 336 g/mol. The van der Waals surface area contributed by atoms with Gasteiger partial charge in [-0.15, -0.1) is 0 Å². The summed E-state index contributed by atoms with van der Waals surface area (Å²) in [6.07, 6.45) is 0.621. The Bertz CT molecular complexity index is 793. The Kier molecular flexibility index (Phi) is 4.88. The molecule has 0 radical (unpaired) electrons. The molecular formula is C21H24N2O2. The first-order valence-electron chi connectivity index (χ1n) is 8.65. The molecule has 2 aromatic carbocycles. The summed E-state index contributed by atoms with van der Waals surface area (Å²) in [5.41, 5.74) is 5.26. The van der Waals surface area contributed by atoms with Crippen LogP contribution in [0, 0.1) is 32.6 Å². The van der Waals surface area contributed by atoms with Crippen molar-refractivity contribution in [1.29, 1.82) is 0 Å². The summed E-state index contributed by atoms with van der Waals surface area (Å²) in [4.78, 5) is 24.6. The van der Waals surface area contributed by atoms with Gasteiger partial charge in [-0.3, -0.25) is 9.59 Å². The molecule has 0 bridgehead atoms. The standard InChI is InChI=1S/C21H24N2O2/c1-13-5-4-6-16(8-13)12-22-20(24)18-11-19(18)21(25)23-17-9-14(2)7-15(3)10-17/h4-10,18-19H,11-12H2,1-3H3,(H,22,24)(H,23,25). The number of nitrogens with one attached hydrogen (secondary N) is 2. The van der Waals surface area contributed by atoms with Crippen molar-refractivity contribution < 1.29 is 9.59 Å². The molecule has 2 atom stereocenters. The molecule has 1 aliphatic carbocycles. The van der Waals surface area contributed by atoms with E-state index >= 15 is 0 Å². The number of carbonyl (C=O) groups excluding carboxylic acids is 2. The minimum Gasteiger partial charge on any atom is -0.352 e. The fourth-order valence-electron chi connectivity index (χ4n) is 3.20. The molecule has 4 heteroatoms. The van der Waals surface area contributed by atoms with Crippen molar-refractivity contribution >= 4 is 17.5 Å². The maximum atomic E-state index is 12.3. The Morgan fingerprint density at radius 1 is 0.920 bits per heavy atom. The molecule has 0 aromatic heterocycles. The quantitative estimate of drug-likeness (QED) is 0.878. The molecule has 2 unspecified atom stereocenters. The predicted octanol–water partition coefficient (Wildman–Crippen LogP) is 3.50. The molecule has 3 rings (SSSR count). The first-order valence-corrected chi connectivity index (χ1v) is 8.65. The summed E-state index contributed by atoms with van der Waals surface area (Å²) in [7, 11) is 0. The predicted molar refractivity (Wildman–Crippen MR) is 99.2 cm³/mol. The highest BCUT2D eigenvalue weighted by Crippen LogP contribution is 2.39. The third kappa shape index (κ3) is 4.47. The number of amides is 2. The Morgan fingerprint density at radius 2 is 1.60 bits per heavy atom. The van der Waals surface area contributed by atoms with E-state index in [2.05, 4.69) is 22.8 Å². The normalized spacial score (nSPS) is 18.5. The Morgan fingerprint density at radius 3 is 2.28 bits per heavy atom. The van der Waals surface area contributed by atoms with Gasteiger partial charge in [0, 0.05) is 12.2 Å². The van der Waals surface area contributed by atoms with Crippen molar-refractivity contribution in [1.82, 2.24) is 5.32 Å². The third-order valence-electron chi connectivity index (χ3n) is 4.50. The van der Waals surface area contributed by atoms with Crippen LogP contribution in [0.2, 0.25) is 0 Å². The molecule has 1 aliphatic rings. The van der Waals surface area contributed by atoms with Crippen molar-refractivity contribution in [2.24, 2.45) is 11.8 Å². The van der Waals surface area contributed by atoms with E-state index in [9.17, 15) is 9.59 Å². The Labute approximate surface area is 148 Å². The molecule has 0 heterocycles. The van der Waals surface area contributed by atoms with Crippen molar-refractivity contribution in [3.05, 3.63) is 64.7 Å². The molecule has 4 nitrogen and oxygen atoms in total. The van der Waals surface area contributed by atoms with Gasteiger partial charge in [0.05, 0.1) is 11.8 Å². The van der Waals surface area contributed by atoms with E-state index in [1.807, 2.05) is 51.1 Å². The van der Waals surface area contributed by atoms with E-state index in [4.69, 9.17) is 0 Å². The number of rotatable bonds is 5. The van der Waals surface area contributed by atoms with Crippen LogP contribution in [0.1, 0.15) is 28.7 Å². The maximum absolute atomic E-state index is 12.3. The van der Waals surface area contributed by atoms with E-state index < -0.39 is 0 Å². The monoisotopic (exact) mass is 336 g/mol. The second kappa shape index (κ2) is 7.09. The SMILES string of the molecule is Cc1cccc(CNC(=O)C2CC2C(=O)Nc2cc(C)cc(C)c2)c1. The second-order valence-corrected chi connectivity index (χ2v) is 7.02. The van der Waals surface area contributed by atoms with Crippen LogP contribution in [0.4, 0.5) is 5.69 Å². The average Bonchev–Trinajstić information content (AvgIpc) is 3.32. The van der Waals surface area contributed by atoms with Crippen molar-refractivity contribution in [3.8, 4) is 0 Å². The molecule has 2 amide bonds. The van der Waals surface area contributed by atoms with Crippen LogP contribution in [0.3, 0.4) is 0 Å². The summed E-state index contributed by atoms with van der Waals surface area (Å²) in [6, 6.07) is 14.0. The Balaban J connectivity index is 1.51. The van der Waals surface area contributed by atoms with E-state index in [1.165, 1.54) is 5.56 Å². The number of hydrogen-bond acceptors (Lipinski definition) is 2. The van der Waals surface area contributed by atoms with E-state index in [1.54, 1.807) is 0 Å². The van der Waals surface area contributed by atoms with Gasteiger partial charge in [0.25, 0.3) is 0 Å². The highest BCUT2D eigenvalue weighted by Gasteiger charge is 2.47. The molecule has 0 aliphatic heterocycles. The topological polar surface area (TPSA) is 58.2 Å². The van der Waals surface area contributed by atoms with Gasteiger partial charge in [-0.2, -0.15) is 0 Å². The lowest BCUT2D eigenvalue weighted by molar-refractivity contribution is -0.125. The van der Waals surface area contributed by atoms with Gasteiger partial charge in [0.2, 0.25) is 11.8 Å². The minimum absolute atomic E-state index is 0.0397. The lowest BCUT2D eigenvalue weighted by atomic mass is 10.1. The van der Waals surface area contributed by atoms with Gasteiger partial charge in [-0.05, 0) is 56.0 Å². The van der Waals surface area contributed by atoms with Crippen molar-refractivity contribution in [2.75, 3.05) is 5.32 Å². The summed E-state index contributed by atoms with van der Waals surface area (Å²) < 4.78 is 0. The first kappa shape index (κ1) is 17.2. The molecule has 0 spiro atoms. The zero-order chi connectivity index (χ0) is 18.0. The van der Waals surface area contributed by atoms with Gasteiger partial charge >= 0.3 is 0 Å². The maximum Gasteiger partial charge on any atom is 0.228 e. The fourth-order valence-corrected chi connectivity index (χ4v) is 3.20. The van der Waals surface area contributed by atoms with Crippen molar-refractivity contribution in [2.45, 2.75) is 33.7 Å². The fraction of sp³-hybridized carbons (Fsp3) is 0.333. The van der Waals surface area contributed by atoms with E-state index in [0.29, 0.717) is 13.0 Å². The highest BCUT2D eigenvalue weighted by atomic mass is 16.2.